The molecule has 3 N–H and O–H groups in total. The number of piperidine rings is 1. The lowest BCUT2D eigenvalue weighted by atomic mass is 10.0. The lowest BCUT2D eigenvalue weighted by Gasteiger charge is -2.30. The molecule has 1 aromatic heterocycles. The molecule has 4 aromatic rings. The molecule has 3 aromatic carbocycles. The van der Waals surface area contributed by atoms with Crippen molar-refractivity contribution in [2.45, 2.75) is 25.3 Å². The number of aromatic nitrogens is 2. The number of ether oxygens (including phenoxy) is 1. The van der Waals surface area contributed by atoms with E-state index in [9.17, 15) is 4.79 Å². The minimum absolute atomic E-state index is 0.0102. The third kappa shape index (κ3) is 5.42. The summed E-state index contributed by atoms with van der Waals surface area (Å²) < 4.78 is 20.7. The number of rotatable bonds is 5. The van der Waals surface area contributed by atoms with Gasteiger partial charge in [-0.05, 0) is 79.4 Å². The number of fused-ring (bicyclic) bond motifs is 3. The van der Waals surface area contributed by atoms with Gasteiger partial charge in [-0.3, -0.25) is 4.79 Å². The number of methoxy groups -OCH3 is 1. The van der Waals surface area contributed by atoms with E-state index >= 15 is 4.39 Å². The molecule has 210 valence electrons. The zero-order chi connectivity index (χ0) is 28.5. The fraction of sp³-hybridized carbons (Fsp3) is 0.258. The molecule has 41 heavy (non-hydrogen) atoms. The second kappa shape index (κ2) is 11.3. The van der Waals surface area contributed by atoms with Crippen LogP contribution in [0.25, 0.3) is 11.3 Å². The van der Waals surface area contributed by atoms with Crippen molar-refractivity contribution >= 4 is 40.5 Å². The molecule has 0 bridgehead atoms. The number of hydrogen-bond acceptors (Lipinski definition) is 7. The van der Waals surface area contributed by atoms with Crippen molar-refractivity contribution in [1.82, 2.24) is 14.9 Å². The Morgan fingerprint density at radius 2 is 1.88 bits per heavy atom. The maximum absolute atomic E-state index is 15.2. The smallest absolute Gasteiger partial charge is 0.253 e. The fourth-order valence-electron chi connectivity index (χ4n) is 5.43. The van der Waals surface area contributed by atoms with Crippen LogP contribution in [0.2, 0.25) is 5.02 Å². The highest BCUT2D eigenvalue weighted by Gasteiger charge is 2.27. The molecule has 8 nitrogen and oxygen atoms in total. The van der Waals surface area contributed by atoms with E-state index in [1.165, 1.54) is 13.2 Å². The lowest BCUT2D eigenvalue weighted by molar-refractivity contribution is 0.0715. The Labute approximate surface area is 242 Å². The zero-order valence-electron chi connectivity index (χ0n) is 22.6. The van der Waals surface area contributed by atoms with Gasteiger partial charge in [0.05, 0.1) is 18.5 Å². The van der Waals surface area contributed by atoms with E-state index in [-0.39, 0.29) is 17.8 Å². The van der Waals surface area contributed by atoms with E-state index in [0.29, 0.717) is 54.0 Å². The SMILES string of the molecule is COc1cccc(F)c1N1CCc2cnc(Nc3ccc(C(=O)N4CCC(N)CC4)cc3)nc2-c2ccc(Cl)cc21. The number of nitrogens with one attached hydrogen (secondary N) is 1. The van der Waals surface area contributed by atoms with Gasteiger partial charge in [-0.1, -0.05) is 17.7 Å². The predicted octanol–water partition coefficient (Wildman–Crippen LogP) is 5.95. The first-order valence-electron chi connectivity index (χ1n) is 13.6. The molecule has 0 aliphatic carbocycles. The van der Waals surface area contributed by atoms with E-state index < -0.39 is 0 Å². The normalized spacial score (nSPS) is 15.1. The number of amides is 1. The Balaban J connectivity index is 1.29. The van der Waals surface area contributed by atoms with Gasteiger partial charge in [0.2, 0.25) is 5.95 Å². The highest BCUT2D eigenvalue weighted by molar-refractivity contribution is 6.31. The van der Waals surface area contributed by atoms with Crippen LogP contribution in [0.1, 0.15) is 28.8 Å². The van der Waals surface area contributed by atoms with Gasteiger partial charge < -0.3 is 25.6 Å². The van der Waals surface area contributed by atoms with Gasteiger partial charge in [-0.15, -0.1) is 0 Å². The first-order chi connectivity index (χ1) is 19.9. The quantitative estimate of drug-likeness (QED) is 0.305. The van der Waals surface area contributed by atoms with Crippen molar-refractivity contribution in [3.05, 3.63) is 88.8 Å². The lowest BCUT2D eigenvalue weighted by Crippen LogP contribution is -2.42. The van der Waals surface area contributed by atoms with Gasteiger partial charge in [0.1, 0.15) is 11.4 Å². The van der Waals surface area contributed by atoms with Gasteiger partial charge in [0, 0.05) is 53.7 Å². The molecule has 0 spiro atoms. The Morgan fingerprint density at radius 1 is 1.10 bits per heavy atom. The number of carbonyl (C=O) groups is 1. The van der Waals surface area contributed by atoms with Crippen LogP contribution >= 0.6 is 11.6 Å². The van der Waals surface area contributed by atoms with Gasteiger partial charge in [-0.2, -0.15) is 0 Å². The Hall–Kier alpha value is -4.21. The van der Waals surface area contributed by atoms with Gasteiger partial charge in [0.25, 0.3) is 5.91 Å². The van der Waals surface area contributed by atoms with Crippen LogP contribution in [-0.2, 0) is 6.42 Å². The van der Waals surface area contributed by atoms with Crippen molar-refractivity contribution in [2.75, 3.05) is 37.0 Å². The molecule has 1 fully saturated rings. The van der Waals surface area contributed by atoms with Crippen LogP contribution in [0.3, 0.4) is 0 Å². The van der Waals surface area contributed by atoms with E-state index in [1.807, 2.05) is 34.1 Å². The molecule has 0 atom stereocenters. The maximum Gasteiger partial charge on any atom is 0.253 e. The summed E-state index contributed by atoms with van der Waals surface area (Å²) in [6.45, 7) is 1.83. The summed E-state index contributed by atoms with van der Waals surface area (Å²) in [5, 5.41) is 3.78. The molecule has 10 heteroatoms. The molecular weight excluding hydrogens is 543 g/mol. The molecule has 2 aliphatic heterocycles. The third-order valence-corrected chi connectivity index (χ3v) is 7.86. The summed E-state index contributed by atoms with van der Waals surface area (Å²) in [7, 11) is 1.53. The summed E-state index contributed by atoms with van der Waals surface area (Å²) >= 11 is 6.42. The molecule has 2 aliphatic rings. The monoisotopic (exact) mass is 572 g/mol. The van der Waals surface area contributed by atoms with Crippen LogP contribution in [0, 0.1) is 5.82 Å². The van der Waals surface area contributed by atoms with E-state index in [0.717, 1.165) is 41.0 Å². The number of nitrogens with two attached hydrogens (primary N) is 1. The molecular formula is C31H30ClFN6O2. The molecule has 0 radical (unpaired) electrons. The average molecular weight is 573 g/mol. The Bertz CT molecular complexity index is 1590. The standard InChI is InChI=1S/C31H30ClFN6O2/c1-41-27-4-2-3-25(33)29(27)39-16-11-20-18-35-31(37-28(20)24-10-7-21(32)17-26(24)39)36-23-8-5-19(6-9-23)30(40)38-14-12-22(34)13-15-38/h2-10,17-18,22H,11-16,34H2,1H3,(H,35,36,37). The zero-order valence-corrected chi connectivity index (χ0v) is 23.4. The summed E-state index contributed by atoms with van der Waals surface area (Å²) in [4.78, 5) is 26.1. The van der Waals surface area contributed by atoms with Gasteiger partial charge >= 0.3 is 0 Å². The van der Waals surface area contributed by atoms with Crippen molar-refractivity contribution in [2.24, 2.45) is 5.73 Å². The van der Waals surface area contributed by atoms with Crippen molar-refractivity contribution in [3.63, 3.8) is 0 Å². The number of benzene rings is 3. The molecule has 3 heterocycles. The second-order valence-electron chi connectivity index (χ2n) is 10.3. The molecule has 0 saturated carbocycles. The number of anilines is 4. The van der Waals surface area contributed by atoms with Crippen LogP contribution in [0.4, 0.5) is 27.4 Å². The first kappa shape index (κ1) is 27.0. The second-order valence-corrected chi connectivity index (χ2v) is 10.7. The average Bonchev–Trinajstić information content (AvgIpc) is 3.13. The first-order valence-corrected chi connectivity index (χ1v) is 14.0. The van der Waals surface area contributed by atoms with Crippen LogP contribution < -0.4 is 20.7 Å². The van der Waals surface area contributed by atoms with E-state index in [2.05, 4.69) is 10.3 Å². The van der Waals surface area contributed by atoms with Gasteiger partial charge in [-0.25, -0.2) is 14.4 Å². The molecule has 0 unspecified atom stereocenters. The largest absolute Gasteiger partial charge is 0.494 e. The molecule has 1 saturated heterocycles. The third-order valence-electron chi connectivity index (χ3n) is 7.63. The van der Waals surface area contributed by atoms with Crippen molar-refractivity contribution in [3.8, 4) is 17.0 Å². The summed E-state index contributed by atoms with van der Waals surface area (Å²) in [5.74, 6) is 0.461. The minimum atomic E-state index is -0.388. The maximum atomic E-state index is 15.2. The predicted molar refractivity (Wildman–Crippen MR) is 159 cm³/mol. The molecule has 1 amide bonds. The van der Waals surface area contributed by atoms with E-state index in [4.69, 9.17) is 27.1 Å². The highest BCUT2D eigenvalue weighted by Crippen LogP contribution is 2.44. The number of nitrogens with zero attached hydrogens (tertiary/aromatic N) is 4. The number of halogens is 2. The summed E-state index contributed by atoms with van der Waals surface area (Å²) in [5.41, 5.74) is 10.9. The van der Waals surface area contributed by atoms with Crippen molar-refractivity contribution < 1.29 is 13.9 Å². The number of carbonyl (C=O) groups excluding carboxylic acids is 1. The van der Waals surface area contributed by atoms with Crippen LogP contribution in [0.15, 0.2) is 66.9 Å². The summed E-state index contributed by atoms with van der Waals surface area (Å²) in [6.07, 6.45) is 4.02. The van der Waals surface area contributed by atoms with E-state index in [1.54, 1.807) is 36.5 Å². The van der Waals surface area contributed by atoms with Crippen LogP contribution in [0.5, 0.6) is 5.75 Å². The topological polar surface area (TPSA) is 96.6 Å². The highest BCUT2D eigenvalue weighted by atomic mass is 35.5. The Kier molecular flexibility index (Phi) is 7.47. The number of para-hydroxylation sites is 1. The minimum Gasteiger partial charge on any atom is -0.494 e. The Morgan fingerprint density at radius 3 is 2.63 bits per heavy atom. The summed E-state index contributed by atoms with van der Waals surface area (Å²) in [6, 6.07) is 17.8. The fourth-order valence-corrected chi connectivity index (χ4v) is 5.60. The van der Waals surface area contributed by atoms with Crippen LogP contribution in [-0.4, -0.2) is 53.6 Å². The van der Waals surface area contributed by atoms with Crippen molar-refractivity contribution in [1.29, 1.82) is 0 Å². The van der Waals surface area contributed by atoms with Gasteiger partial charge in [0.15, 0.2) is 5.82 Å². The number of likely N-dealkylation sites (tertiary alicyclic amines) is 1. The molecule has 6 rings (SSSR count). The number of hydrogen-bond donors (Lipinski definition) is 2.